The first-order chi connectivity index (χ1) is 15.1. The van der Waals surface area contributed by atoms with Crippen molar-refractivity contribution in [3.05, 3.63) is 23.4 Å². The van der Waals surface area contributed by atoms with Crippen LogP contribution in [0.15, 0.2) is 12.1 Å². The van der Waals surface area contributed by atoms with Gasteiger partial charge in [-0.2, -0.15) is 0 Å². The van der Waals surface area contributed by atoms with Crippen molar-refractivity contribution in [3.8, 4) is 0 Å². The molecule has 178 valence electrons. The van der Waals surface area contributed by atoms with E-state index in [2.05, 4.69) is 0 Å². The number of unbranched alkanes of at least 4 members (excludes halogenated alkanes) is 1. The average molecular weight is 448 g/mol. The maximum atomic E-state index is 12.6. The number of aromatic nitrogens is 1. The predicted octanol–water partition coefficient (Wildman–Crippen LogP) is 3.89. The van der Waals surface area contributed by atoms with Crippen LogP contribution in [0.25, 0.3) is 0 Å². The zero-order chi connectivity index (χ0) is 23.7. The van der Waals surface area contributed by atoms with Crippen LogP contribution >= 0.6 is 0 Å². The fourth-order valence-electron chi connectivity index (χ4n) is 3.50. The lowest BCUT2D eigenvalue weighted by molar-refractivity contribution is -0.143. The topological polar surface area (TPSA) is 89.0 Å². The largest absolute Gasteiger partial charge is 0.466 e. The van der Waals surface area contributed by atoms with E-state index in [-0.39, 0.29) is 24.4 Å². The number of fused-ring (bicyclic) bond motifs is 1. The molecule has 32 heavy (non-hydrogen) atoms. The number of hydrogen-bond donors (Lipinski definition) is 0. The Kier molecular flexibility index (Phi) is 9.47. The van der Waals surface area contributed by atoms with Gasteiger partial charge in [0.2, 0.25) is 5.91 Å². The fourth-order valence-corrected chi connectivity index (χ4v) is 3.50. The summed E-state index contributed by atoms with van der Waals surface area (Å²) in [6.45, 7) is 8.65. The van der Waals surface area contributed by atoms with E-state index in [4.69, 9.17) is 14.5 Å². The van der Waals surface area contributed by atoms with Crippen LogP contribution in [0.2, 0.25) is 0 Å². The molecule has 8 heteroatoms. The van der Waals surface area contributed by atoms with E-state index in [1.807, 2.05) is 32.9 Å². The summed E-state index contributed by atoms with van der Waals surface area (Å²) in [5.41, 5.74) is 1.41. The zero-order valence-corrected chi connectivity index (χ0v) is 20.1. The molecule has 0 bridgehead atoms. The van der Waals surface area contributed by atoms with Gasteiger partial charge in [0.15, 0.2) is 0 Å². The number of anilines is 1. The Bertz CT molecular complexity index is 803. The Hall–Kier alpha value is -2.64. The van der Waals surface area contributed by atoms with E-state index < -0.39 is 5.60 Å². The fraction of sp³-hybridized carbons (Fsp3) is 0.667. The molecule has 0 radical (unpaired) electrons. The van der Waals surface area contributed by atoms with Crippen molar-refractivity contribution in [3.63, 3.8) is 0 Å². The number of amides is 2. The summed E-state index contributed by atoms with van der Waals surface area (Å²) in [5.74, 6) is 0.424. The molecule has 0 spiro atoms. The molecule has 0 fully saturated rings. The summed E-state index contributed by atoms with van der Waals surface area (Å²) < 4.78 is 10.4. The van der Waals surface area contributed by atoms with Crippen molar-refractivity contribution in [1.29, 1.82) is 0 Å². The molecule has 2 heterocycles. The van der Waals surface area contributed by atoms with Gasteiger partial charge in [-0.3, -0.25) is 14.5 Å². The summed E-state index contributed by atoms with van der Waals surface area (Å²) in [5, 5.41) is 0. The van der Waals surface area contributed by atoms with Crippen molar-refractivity contribution in [2.75, 3.05) is 31.6 Å². The van der Waals surface area contributed by atoms with E-state index >= 15 is 0 Å². The maximum absolute atomic E-state index is 12.6. The summed E-state index contributed by atoms with van der Waals surface area (Å²) in [4.78, 5) is 44.2. The van der Waals surface area contributed by atoms with Gasteiger partial charge in [-0.1, -0.05) is 6.07 Å². The molecule has 0 aromatic carbocycles. The summed E-state index contributed by atoms with van der Waals surface area (Å²) in [6.07, 6.45) is 4.34. The predicted molar refractivity (Wildman–Crippen MR) is 123 cm³/mol. The lowest BCUT2D eigenvalue weighted by Gasteiger charge is -2.31. The molecule has 1 aromatic rings. The minimum absolute atomic E-state index is 0.0174. The Morgan fingerprint density at radius 2 is 1.91 bits per heavy atom. The third kappa shape index (κ3) is 8.13. The summed E-state index contributed by atoms with van der Waals surface area (Å²) in [7, 11) is 1.71. The van der Waals surface area contributed by atoms with Crippen LogP contribution in [0.3, 0.4) is 0 Å². The monoisotopic (exact) mass is 447 g/mol. The molecule has 1 aliphatic rings. The second-order valence-corrected chi connectivity index (χ2v) is 9.10. The third-order valence-corrected chi connectivity index (χ3v) is 5.17. The quantitative estimate of drug-likeness (QED) is 0.421. The van der Waals surface area contributed by atoms with Crippen molar-refractivity contribution in [2.45, 2.75) is 78.2 Å². The van der Waals surface area contributed by atoms with E-state index in [1.165, 1.54) is 0 Å². The minimum Gasteiger partial charge on any atom is -0.466 e. The zero-order valence-electron chi connectivity index (χ0n) is 20.1. The highest BCUT2D eigenvalue weighted by molar-refractivity contribution is 5.88. The minimum atomic E-state index is -0.553. The van der Waals surface area contributed by atoms with Gasteiger partial charge in [0.05, 0.1) is 13.0 Å². The van der Waals surface area contributed by atoms with Crippen LogP contribution in [0.5, 0.6) is 0 Å². The van der Waals surface area contributed by atoms with Crippen molar-refractivity contribution < 1.29 is 23.9 Å². The number of hydrogen-bond acceptors (Lipinski definition) is 6. The number of carbonyl (C=O) groups is 3. The maximum Gasteiger partial charge on any atom is 0.416 e. The van der Waals surface area contributed by atoms with Gasteiger partial charge in [-0.25, -0.2) is 9.78 Å². The Balaban J connectivity index is 1.84. The van der Waals surface area contributed by atoms with Gasteiger partial charge in [0.25, 0.3) is 0 Å². The number of aryl methyl sites for hydroxylation is 2. The van der Waals surface area contributed by atoms with E-state index in [0.717, 1.165) is 43.4 Å². The Morgan fingerprint density at radius 1 is 1.16 bits per heavy atom. The van der Waals surface area contributed by atoms with Crippen LogP contribution in [0, 0.1) is 0 Å². The van der Waals surface area contributed by atoms with Crippen LogP contribution in [-0.4, -0.2) is 60.2 Å². The average Bonchev–Trinajstić information content (AvgIpc) is 2.73. The molecule has 1 aromatic heterocycles. The highest BCUT2D eigenvalue weighted by atomic mass is 16.6. The van der Waals surface area contributed by atoms with Crippen LogP contribution in [-0.2, 0) is 31.9 Å². The molecule has 8 nitrogen and oxygen atoms in total. The first kappa shape index (κ1) is 25.6. The molecule has 0 aliphatic carbocycles. The number of ether oxygens (including phenoxy) is 2. The molecular formula is C24H37N3O5. The third-order valence-electron chi connectivity index (χ3n) is 5.17. The molecule has 0 unspecified atom stereocenters. The highest BCUT2D eigenvalue weighted by Crippen LogP contribution is 2.27. The van der Waals surface area contributed by atoms with E-state index in [1.54, 1.807) is 23.8 Å². The number of pyridine rings is 1. The molecule has 2 amide bonds. The van der Waals surface area contributed by atoms with E-state index in [9.17, 15) is 14.4 Å². The standard InChI is InChI=1S/C24H37N3O5/c1-6-31-21(29)15-17-26(5)20(28)12-8-7-11-19-14-13-18-10-9-16-27(22(18)25-19)23(30)32-24(2,3)4/h13-14H,6-12,15-17H2,1-5H3. The van der Waals surface area contributed by atoms with Crippen LogP contribution < -0.4 is 4.90 Å². The normalized spacial score (nSPS) is 13.3. The van der Waals surface area contributed by atoms with Gasteiger partial charge in [0.1, 0.15) is 11.4 Å². The smallest absolute Gasteiger partial charge is 0.416 e. The lowest BCUT2D eigenvalue weighted by atomic mass is 10.0. The van der Waals surface area contributed by atoms with Gasteiger partial charge in [-0.15, -0.1) is 0 Å². The highest BCUT2D eigenvalue weighted by Gasteiger charge is 2.28. The molecule has 0 N–H and O–H groups in total. The Labute approximate surface area is 191 Å². The van der Waals surface area contributed by atoms with Gasteiger partial charge < -0.3 is 14.4 Å². The van der Waals surface area contributed by atoms with Gasteiger partial charge in [-0.05, 0) is 71.4 Å². The second kappa shape index (κ2) is 11.8. The van der Waals surface area contributed by atoms with Crippen LogP contribution in [0.4, 0.5) is 10.6 Å². The number of carbonyl (C=O) groups excluding carboxylic acids is 3. The summed E-state index contributed by atoms with van der Waals surface area (Å²) >= 11 is 0. The first-order valence-electron chi connectivity index (χ1n) is 11.5. The van der Waals surface area contributed by atoms with Gasteiger partial charge in [0, 0.05) is 32.3 Å². The second-order valence-electron chi connectivity index (χ2n) is 9.10. The molecule has 0 atom stereocenters. The van der Waals surface area contributed by atoms with Crippen molar-refractivity contribution in [1.82, 2.24) is 9.88 Å². The van der Waals surface area contributed by atoms with Crippen molar-refractivity contribution >= 4 is 23.8 Å². The van der Waals surface area contributed by atoms with Gasteiger partial charge >= 0.3 is 12.1 Å². The van der Waals surface area contributed by atoms with E-state index in [0.29, 0.717) is 31.9 Å². The number of esters is 1. The van der Waals surface area contributed by atoms with Crippen molar-refractivity contribution in [2.24, 2.45) is 0 Å². The molecule has 0 saturated carbocycles. The number of nitrogens with zero attached hydrogens (tertiary/aromatic N) is 3. The SMILES string of the molecule is CCOC(=O)CCN(C)C(=O)CCCCc1ccc2c(n1)N(C(=O)OC(C)(C)C)CCC2. The molecular weight excluding hydrogens is 410 g/mol. The molecule has 1 aliphatic heterocycles. The molecule has 2 rings (SSSR count). The number of rotatable bonds is 9. The Morgan fingerprint density at radius 3 is 2.59 bits per heavy atom. The molecule has 0 saturated heterocycles. The lowest BCUT2D eigenvalue weighted by Crippen LogP contribution is -2.40. The van der Waals surface area contributed by atoms with Crippen LogP contribution in [0.1, 0.15) is 71.1 Å². The summed E-state index contributed by atoms with van der Waals surface area (Å²) in [6, 6.07) is 4.05. The first-order valence-corrected chi connectivity index (χ1v) is 11.5.